The second kappa shape index (κ2) is 17.6. The molecular formula is C27H39N5O7S2. The van der Waals surface area contributed by atoms with Gasteiger partial charge in [-0.15, -0.1) is 0 Å². The van der Waals surface area contributed by atoms with Crippen molar-refractivity contribution >= 4 is 64.1 Å². The number of hydrogen-bond donors (Lipinski definition) is 4. The molecule has 1 aromatic heterocycles. The molecular weight excluding hydrogens is 570 g/mol. The summed E-state index contributed by atoms with van der Waals surface area (Å²) in [5.41, 5.74) is 7.68. The van der Waals surface area contributed by atoms with Gasteiger partial charge in [0.2, 0.25) is 17.7 Å². The first-order chi connectivity index (χ1) is 19.6. The maximum atomic E-state index is 12.8. The molecule has 5 N–H and O–H groups in total. The third-order valence-corrected chi connectivity index (χ3v) is 7.54. The van der Waals surface area contributed by atoms with E-state index in [1.807, 2.05) is 36.8 Å². The molecule has 12 nitrogen and oxygen atoms in total. The van der Waals surface area contributed by atoms with Crippen LogP contribution in [0.5, 0.6) is 0 Å². The average molecular weight is 610 g/mol. The number of fused-ring (bicyclic) bond motifs is 1. The number of amides is 3. The number of carbonyl (C=O) groups excluding carboxylic acids is 5. The number of para-hydroxylation sites is 1. The molecule has 2 rings (SSSR count). The lowest BCUT2D eigenvalue weighted by Crippen LogP contribution is -2.49. The molecule has 2 aromatic rings. The number of hydrogen-bond acceptors (Lipinski definition) is 10. The lowest BCUT2D eigenvalue weighted by Gasteiger charge is -2.17. The van der Waals surface area contributed by atoms with E-state index in [1.54, 1.807) is 22.5 Å². The van der Waals surface area contributed by atoms with Crippen LogP contribution in [0.3, 0.4) is 0 Å². The van der Waals surface area contributed by atoms with Crippen LogP contribution in [-0.2, 0) is 46.4 Å². The number of thioether (sulfide) groups is 2. The Morgan fingerprint density at radius 3 is 2.02 bits per heavy atom. The molecule has 0 aliphatic carbocycles. The van der Waals surface area contributed by atoms with Gasteiger partial charge in [-0.25, -0.2) is 9.59 Å². The fraction of sp³-hybridized carbons (Fsp3) is 0.519. The Labute approximate surface area is 248 Å². The summed E-state index contributed by atoms with van der Waals surface area (Å²) in [4.78, 5) is 61.9. The molecule has 0 aliphatic rings. The first-order valence-electron chi connectivity index (χ1n) is 13.0. The van der Waals surface area contributed by atoms with Crippen LogP contribution in [0.2, 0.25) is 0 Å². The summed E-state index contributed by atoms with van der Waals surface area (Å²) < 4.78 is 11.3. The second-order valence-electron chi connectivity index (χ2n) is 9.18. The molecule has 41 heavy (non-hydrogen) atoms. The van der Waals surface area contributed by atoms with Crippen molar-refractivity contribution < 1.29 is 33.4 Å². The molecule has 3 atom stereocenters. The number of benzene rings is 1. The number of esters is 2. The summed E-state index contributed by atoms with van der Waals surface area (Å²) in [6.45, 7) is -0.397. The van der Waals surface area contributed by atoms with Gasteiger partial charge in [-0.3, -0.25) is 14.4 Å². The summed E-state index contributed by atoms with van der Waals surface area (Å²) in [5, 5.41) is 8.65. The van der Waals surface area contributed by atoms with Gasteiger partial charge in [0, 0.05) is 17.1 Å². The van der Waals surface area contributed by atoms with E-state index in [1.165, 1.54) is 26.0 Å². The molecule has 0 radical (unpaired) electrons. The second-order valence-corrected chi connectivity index (χ2v) is 11.1. The highest BCUT2D eigenvalue weighted by molar-refractivity contribution is 7.98. The number of aromatic nitrogens is 1. The fourth-order valence-corrected chi connectivity index (χ4v) is 5.08. The van der Waals surface area contributed by atoms with Gasteiger partial charge >= 0.3 is 11.9 Å². The number of rotatable bonds is 17. The van der Waals surface area contributed by atoms with E-state index in [2.05, 4.69) is 16.0 Å². The minimum absolute atomic E-state index is 0.0488. The lowest BCUT2D eigenvalue weighted by molar-refractivity contribution is -0.145. The van der Waals surface area contributed by atoms with Gasteiger partial charge < -0.3 is 35.7 Å². The molecule has 3 amide bonds. The van der Waals surface area contributed by atoms with Crippen LogP contribution < -0.4 is 21.7 Å². The van der Waals surface area contributed by atoms with Crippen molar-refractivity contribution in [1.82, 2.24) is 20.5 Å². The van der Waals surface area contributed by atoms with Crippen LogP contribution in [0.15, 0.2) is 30.5 Å². The number of carbonyl (C=O) groups is 5. The number of nitrogens with one attached hydrogen (secondary N) is 3. The summed E-state index contributed by atoms with van der Waals surface area (Å²) in [6.07, 6.45) is 6.55. The van der Waals surface area contributed by atoms with Crippen LogP contribution in [0.4, 0.5) is 0 Å². The Morgan fingerprint density at radius 2 is 1.46 bits per heavy atom. The van der Waals surface area contributed by atoms with Crippen LogP contribution in [-0.4, -0.2) is 97.1 Å². The average Bonchev–Trinajstić information content (AvgIpc) is 3.31. The highest BCUT2D eigenvalue weighted by atomic mass is 32.2. The Morgan fingerprint density at radius 1 is 0.902 bits per heavy atom. The van der Waals surface area contributed by atoms with E-state index < -0.39 is 41.9 Å². The molecule has 226 valence electrons. The number of nitrogens with two attached hydrogens (primary N) is 1. The third kappa shape index (κ3) is 10.6. The monoisotopic (exact) mass is 609 g/mol. The smallest absolute Gasteiger partial charge is 0.328 e. The van der Waals surface area contributed by atoms with Gasteiger partial charge in [-0.1, -0.05) is 18.2 Å². The van der Waals surface area contributed by atoms with Crippen molar-refractivity contribution in [3.63, 3.8) is 0 Å². The molecule has 0 saturated carbocycles. The molecule has 0 bridgehead atoms. The number of ether oxygens (including phenoxy) is 2. The van der Waals surface area contributed by atoms with Crippen molar-refractivity contribution in [3.8, 4) is 0 Å². The van der Waals surface area contributed by atoms with E-state index in [-0.39, 0.29) is 25.4 Å². The molecule has 0 fully saturated rings. The zero-order valence-electron chi connectivity index (χ0n) is 23.8. The van der Waals surface area contributed by atoms with Gasteiger partial charge in [0.05, 0.1) is 26.8 Å². The Balaban J connectivity index is 2.04. The van der Waals surface area contributed by atoms with Crippen LogP contribution in [0.1, 0.15) is 18.4 Å². The maximum Gasteiger partial charge on any atom is 0.328 e. The zero-order chi connectivity index (χ0) is 30.4. The predicted octanol–water partition coefficient (Wildman–Crippen LogP) is 0.449. The Hall–Kier alpha value is -3.23. The third-order valence-electron chi connectivity index (χ3n) is 6.25. The van der Waals surface area contributed by atoms with Crippen LogP contribution in [0.25, 0.3) is 10.9 Å². The molecule has 0 spiro atoms. The van der Waals surface area contributed by atoms with Crippen LogP contribution in [0, 0.1) is 0 Å². The molecule has 1 heterocycles. The quantitative estimate of drug-likeness (QED) is 0.185. The summed E-state index contributed by atoms with van der Waals surface area (Å²) in [6, 6.07) is 4.88. The SMILES string of the molecule is COC(=O)[C@H](CCSC)NC(=O)Cn1cc(C[C@H](N)C(=O)NCC(=O)N[C@H](CCSC)C(=O)OC)c2ccccc21. The first-order valence-corrected chi connectivity index (χ1v) is 15.8. The molecule has 1 aromatic carbocycles. The highest BCUT2D eigenvalue weighted by Crippen LogP contribution is 2.22. The topological polar surface area (TPSA) is 171 Å². The number of methoxy groups -OCH3 is 2. The predicted molar refractivity (Wildman–Crippen MR) is 161 cm³/mol. The van der Waals surface area contributed by atoms with Crippen molar-refractivity contribution in [3.05, 3.63) is 36.0 Å². The first kappa shape index (κ1) is 34.0. The fourth-order valence-electron chi connectivity index (χ4n) is 4.14. The van der Waals surface area contributed by atoms with Crippen molar-refractivity contribution in [2.75, 3.05) is 44.8 Å². The van der Waals surface area contributed by atoms with Crippen molar-refractivity contribution in [2.45, 2.75) is 43.9 Å². The van der Waals surface area contributed by atoms with Gasteiger partial charge in [0.1, 0.15) is 18.6 Å². The van der Waals surface area contributed by atoms with E-state index in [4.69, 9.17) is 15.2 Å². The summed E-state index contributed by atoms with van der Waals surface area (Å²) >= 11 is 3.10. The van der Waals surface area contributed by atoms with Gasteiger partial charge in [-0.2, -0.15) is 23.5 Å². The molecule has 14 heteroatoms. The maximum absolute atomic E-state index is 12.8. The van der Waals surface area contributed by atoms with Gasteiger partial charge in [0.15, 0.2) is 0 Å². The van der Waals surface area contributed by atoms with Crippen LogP contribution >= 0.6 is 23.5 Å². The minimum Gasteiger partial charge on any atom is -0.467 e. The standard InChI is InChI=1S/C27H39N5O7S2/c1-38-26(36)20(9-11-40-3)30-23(33)14-29-25(35)19(28)13-17-15-32(22-8-6-5-7-18(17)22)16-24(34)31-21(10-12-41-4)27(37)39-2/h5-8,15,19-21H,9-14,16,28H2,1-4H3,(H,29,35)(H,30,33)(H,31,34)/t19-,20+,21-/m0/s1. The van der Waals surface area contributed by atoms with Crippen molar-refractivity contribution in [1.29, 1.82) is 0 Å². The number of nitrogens with zero attached hydrogens (tertiary/aromatic N) is 1. The van der Waals surface area contributed by atoms with E-state index in [0.29, 0.717) is 24.3 Å². The largest absolute Gasteiger partial charge is 0.467 e. The lowest BCUT2D eigenvalue weighted by atomic mass is 10.1. The molecule has 0 unspecified atom stereocenters. The van der Waals surface area contributed by atoms with E-state index in [9.17, 15) is 24.0 Å². The van der Waals surface area contributed by atoms with Gasteiger partial charge in [-0.05, 0) is 54.9 Å². The highest BCUT2D eigenvalue weighted by Gasteiger charge is 2.24. The molecule has 0 saturated heterocycles. The molecule has 0 aliphatic heterocycles. The summed E-state index contributed by atoms with van der Waals surface area (Å²) in [5.74, 6) is -1.16. The van der Waals surface area contributed by atoms with Crippen molar-refractivity contribution in [2.24, 2.45) is 5.73 Å². The van der Waals surface area contributed by atoms with Gasteiger partial charge in [0.25, 0.3) is 0 Å². The summed E-state index contributed by atoms with van der Waals surface area (Å²) in [7, 11) is 2.53. The Kier molecular flexibility index (Phi) is 14.5. The van der Waals surface area contributed by atoms with E-state index in [0.717, 1.165) is 16.5 Å². The van der Waals surface area contributed by atoms with E-state index >= 15 is 0 Å². The Bertz CT molecular complexity index is 1210. The minimum atomic E-state index is -0.973. The zero-order valence-corrected chi connectivity index (χ0v) is 25.4. The normalized spacial score (nSPS) is 13.1.